The first-order chi connectivity index (χ1) is 19.7. The number of fused-ring (bicyclic) bond motifs is 2. The summed E-state index contributed by atoms with van der Waals surface area (Å²) in [6.45, 7) is 8.09. The molecular formula is C31H34N8O2. The van der Waals surface area contributed by atoms with E-state index >= 15 is 0 Å². The van der Waals surface area contributed by atoms with Crippen molar-refractivity contribution in [3.05, 3.63) is 82.6 Å². The lowest BCUT2D eigenvalue weighted by Gasteiger charge is -2.34. The van der Waals surface area contributed by atoms with Crippen LogP contribution in [0.4, 0.5) is 16.3 Å². The number of nitrogens with one attached hydrogen (secondary N) is 3. The van der Waals surface area contributed by atoms with Gasteiger partial charge in [0.15, 0.2) is 6.17 Å². The van der Waals surface area contributed by atoms with Crippen molar-refractivity contribution < 1.29 is 9.59 Å². The van der Waals surface area contributed by atoms with Gasteiger partial charge in [-0.25, -0.2) is 19.5 Å². The number of amides is 3. The van der Waals surface area contributed by atoms with Crippen LogP contribution >= 0.6 is 0 Å². The fourth-order valence-electron chi connectivity index (χ4n) is 5.39. The first kappa shape index (κ1) is 26.6. The third-order valence-corrected chi connectivity index (χ3v) is 7.68. The van der Waals surface area contributed by atoms with Crippen LogP contribution in [0.15, 0.2) is 70.2 Å². The predicted octanol–water partition coefficient (Wildman–Crippen LogP) is 4.38. The highest BCUT2D eigenvalue weighted by atomic mass is 16.2. The number of rotatable bonds is 4. The number of aliphatic imine (C=N–C) groups is 2. The SMILES string of the molecule is CN1C(=O)C(c2cccc(NC(=O)Nc3cc(C(C)(C)C)nn3-c3ccc4c(c3)CCNC4)c2)C=C2C=NC=NC21. The van der Waals surface area contributed by atoms with Crippen molar-refractivity contribution in [2.75, 3.05) is 24.2 Å². The van der Waals surface area contributed by atoms with E-state index in [2.05, 4.69) is 58.8 Å². The van der Waals surface area contributed by atoms with E-state index in [1.807, 2.05) is 36.4 Å². The molecule has 0 bridgehead atoms. The van der Waals surface area contributed by atoms with Crippen LogP contribution in [-0.4, -0.2) is 58.9 Å². The van der Waals surface area contributed by atoms with E-state index in [1.165, 1.54) is 17.5 Å². The van der Waals surface area contributed by atoms with Crippen LogP contribution in [0.3, 0.4) is 0 Å². The van der Waals surface area contributed by atoms with Gasteiger partial charge in [-0.05, 0) is 53.9 Å². The maximum Gasteiger partial charge on any atom is 0.324 e. The van der Waals surface area contributed by atoms with Crippen molar-refractivity contribution in [3.8, 4) is 5.69 Å². The summed E-state index contributed by atoms with van der Waals surface area (Å²) in [6.07, 6.45) is 5.70. The summed E-state index contributed by atoms with van der Waals surface area (Å²) in [7, 11) is 1.74. The number of carbonyl (C=O) groups excluding carboxylic acids is 2. The van der Waals surface area contributed by atoms with Gasteiger partial charge >= 0.3 is 6.03 Å². The van der Waals surface area contributed by atoms with Gasteiger partial charge < -0.3 is 15.5 Å². The zero-order valence-corrected chi connectivity index (χ0v) is 23.7. The molecule has 10 nitrogen and oxygen atoms in total. The molecule has 6 rings (SSSR count). The Kier molecular flexibility index (Phi) is 6.78. The zero-order valence-electron chi connectivity index (χ0n) is 23.7. The molecule has 10 heteroatoms. The maximum atomic E-state index is 13.3. The van der Waals surface area contributed by atoms with Gasteiger partial charge in [-0.1, -0.05) is 45.0 Å². The summed E-state index contributed by atoms with van der Waals surface area (Å²) in [5.74, 6) is 0.0208. The average Bonchev–Trinajstić information content (AvgIpc) is 3.39. The Morgan fingerprint density at radius 2 is 1.93 bits per heavy atom. The quantitative estimate of drug-likeness (QED) is 0.447. The number of nitrogens with zero attached hydrogens (tertiary/aromatic N) is 5. The van der Waals surface area contributed by atoms with Gasteiger partial charge in [0.25, 0.3) is 0 Å². The molecule has 0 spiro atoms. The third kappa shape index (κ3) is 5.30. The van der Waals surface area contributed by atoms with Gasteiger partial charge in [0.2, 0.25) is 5.91 Å². The van der Waals surface area contributed by atoms with E-state index in [4.69, 9.17) is 5.10 Å². The Balaban J connectivity index is 1.24. The van der Waals surface area contributed by atoms with E-state index in [9.17, 15) is 9.59 Å². The summed E-state index contributed by atoms with van der Waals surface area (Å²) < 4.78 is 1.80. The molecule has 41 heavy (non-hydrogen) atoms. The Hall–Kier alpha value is -4.57. The van der Waals surface area contributed by atoms with Gasteiger partial charge in [0.1, 0.15) is 12.2 Å². The molecule has 0 radical (unpaired) electrons. The lowest BCUT2D eigenvalue weighted by atomic mass is 9.90. The van der Waals surface area contributed by atoms with E-state index < -0.39 is 11.9 Å². The lowest BCUT2D eigenvalue weighted by Crippen LogP contribution is -2.44. The molecule has 3 N–H and O–H groups in total. The van der Waals surface area contributed by atoms with E-state index in [-0.39, 0.29) is 17.5 Å². The summed E-state index contributed by atoms with van der Waals surface area (Å²) in [4.78, 5) is 36.5. The highest BCUT2D eigenvalue weighted by molar-refractivity contribution is 6.00. The van der Waals surface area contributed by atoms with Gasteiger partial charge in [0, 0.05) is 42.5 Å². The molecule has 2 unspecified atom stereocenters. The third-order valence-electron chi connectivity index (χ3n) is 7.68. The number of likely N-dealkylation sites (N-methyl/N-ethyl adjacent to an activating group) is 1. The molecule has 0 saturated carbocycles. The average molecular weight is 551 g/mol. The van der Waals surface area contributed by atoms with Crippen molar-refractivity contribution in [1.29, 1.82) is 0 Å². The standard InChI is InChI=1S/C31H34N8O2/c1-31(2,3)26-15-27(39(37-26)24-9-8-21-16-32-11-10-19(21)13-24)36-30(41)35-23-7-5-6-20(12-23)25-14-22-17-33-18-34-28(22)38(4)29(25)40/h5-9,12-15,17-18,25,28,32H,10-11,16H2,1-4H3,(H2,35,36,41). The molecule has 3 aromatic rings. The van der Waals surface area contributed by atoms with Crippen LogP contribution < -0.4 is 16.0 Å². The van der Waals surface area contributed by atoms with Crippen LogP contribution in [0.25, 0.3) is 5.69 Å². The fourth-order valence-corrected chi connectivity index (χ4v) is 5.39. The predicted molar refractivity (Wildman–Crippen MR) is 161 cm³/mol. The number of anilines is 2. The van der Waals surface area contributed by atoms with Crippen LogP contribution in [0.5, 0.6) is 0 Å². The van der Waals surface area contributed by atoms with Crippen LogP contribution in [0, 0.1) is 0 Å². The smallest absolute Gasteiger partial charge is 0.319 e. The van der Waals surface area contributed by atoms with E-state index in [0.29, 0.717) is 11.5 Å². The van der Waals surface area contributed by atoms with Crippen molar-refractivity contribution >= 4 is 36.0 Å². The number of benzene rings is 2. The molecular weight excluding hydrogens is 516 g/mol. The Bertz CT molecular complexity index is 1610. The lowest BCUT2D eigenvalue weighted by molar-refractivity contribution is -0.132. The number of hydrogen-bond donors (Lipinski definition) is 3. The van der Waals surface area contributed by atoms with Gasteiger partial charge in [-0.2, -0.15) is 5.10 Å². The zero-order chi connectivity index (χ0) is 28.7. The van der Waals surface area contributed by atoms with Gasteiger partial charge in [-0.3, -0.25) is 10.1 Å². The molecule has 0 fully saturated rings. The van der Waals surface area contributed by atoms with E-state index in [0.717, 1.165) is 42.0 Å². The van der Waals surface area contributed by atoms with E-state index in [1.54, 1.807) is 28.9 Å². The minimum atomic E-state index is -0.495. The number of urea groups is 1. The van der Waals surface area contributed by atoms with Gasteiger partial charge in [-0.15, -0.1) is 0 Å². The van der Waals surface area contributed by atoms with Crippen molar-refractivity contribution in [3.63, 3.8) is 0 Å². The van der Waals surface area contributed by atoms with Crippen LogP contribution in [0.1, 0.15) is 49.1 Å². The second-order valence-corrected chi connectivity index (χ2v) is 11.7. The molecule has 2 atom stereocenters. The summed E-state index contributed by atoms with van der Waals surface area (Å²) in [5.41, 5.74) is 6.37. The minimum absolute atomic E-state index is 0.0627. The van der Waals surface area contributed by atoms with Crippen molar-refractivity contribution in [2.24, 2.45) is 9.98 Å². The largest absolute Gasteiger partial charge is 0.324 e. The molecule has 1 aromatic heterocycles. The summed E-state index contributed by atoms with van der Waals surface area (Å²) in [6, 6.07) is 15.2. The normalized spacial score (nSPS) is 19.9. The first-order valence-electron chi connectivity index (χ1n) is 13.8. The maximum absolute atomic E-state index is 13.3. The number of carbonyl (C=O) groups is 2. The second kappa shape index (κ2) is 10.4. The molecule has 0 aliphatic carbocycles. The molecule has 2 aromatic carbocycles. The van der Waals surface area contributed by atoms with Crippen molar-refractivity contribution in [1.82, 2.24) is 20.0 Å². The molecule has 3 aliphatic rings. The molecule has 0 saturated heterocycles. The monoisotopic (exact) mass is 550 g/mol. The first-order valence-corrected chi connectivity index (χ1v) is 13.8. The van der Waals surface area contributed by atoms with Crippen LogP contribution in [0.2, 0.25) is 0 Å². The molecule has 210 valence electrons. The number of aromatic nitrogens is 2. The molecule has 3 aliphatic heterocycles. The molecule has 3 amide bonds. The Morgan fingerprint density at radius 3 is 2.76 bits per heavy atom. The highest BCUT2D eigenvalue weighted by Gasteiger charge is 2.34. The van der Waals surface area contributed by atoms with Gasteiger partial charge in [0.05, 0.1) is 17.3 Å². The second-order valence-electron chi connectivity index (χ2n) is 11.7. The Labute approximate surface area is 239 Å². The summed E-state index contributed by atoms with van der Waals surface area (Å²) >= 11 is 0. The fraction of sp³-hybridized carbons (Fsp3) is 0.323. The van der Waals surface area contributed by atoms with Crippen LogP contribution in [-0.2, 0) is 23.2 Å². The Morgan fingerprint density at radius 1 is 1.07 bits per heavy atom. The molecule has 4 heterocycles. The summed E-state index contributed by atoms with van der Waals surface area (Å²) in [5, 5.41) is 14.2. The highest BCUT2D eigenvalue weighted by Crippen LogP contribution is 2.32. The number of hydrogen-bond acceptors (Lipinski definition) is 6. The van der Waals surface area contributed by atoms with Crippen molar-refractivity contribution in [2.45, 2.75) is 51.2 Å². The topological polar surface area (TPSA) is 116 Å². The minimum Gasteiger partial charge on any atom is -0.319 e.